The van der Waals surface area contributed by atoms with Crippen LogP contribution in [0, 0.1) is 18.8 Å². The Kier molecular flexibility index (Phi) is 6.22. The highest BCUT2D eigenvalue weighted by Crippen LogP contribution is 2.26. The van der Waals surface area contributed by atoms with Gasteiger partial charge in [-0.2, -0.15) is 0 Å². The molecule has 1 amide bonds. The minimum atomic E-state index is 0. The van der Waals surface area contributed by atoms with E-state index in [2.05, 4.69) is 42.7 Å². The zero-order valence-corrected chi connectivity index (χ0v) is 15.1. The standard InChI is InChI=1S/C18H22N2OS.ClH/c1-13-5-7-16(8-6-13)20(12-17-4-3-9-22-17)18(21)14(2)15-10-19-11-15;/h3-9,14-15,19H,10-12H2,1-2H3;1H. The quantitative estimate of drug-likeness (QED) is 0.887. The van der Waals surface area contributed by atoms with Crippen LogP contribution in [0.5, 0.6) is 0 Å². The maximum atomic E-state index is 13.0. The first-order valence-corrected chi connectivity index (χ1v) is 8.64. The largest absolute Gasteiger partial charge is 0.316 e. The van der Waals surface area contributed by atoms with Gasteiger partial charge in [0.15, 0.2) is 0 Å². The van der Waals surface area contributed by atoms with Crippen molar-refractivity contribution in [3.05, 3.63) is 52.2 Å². The molecule has 1 aromatic carbocycles. The fraction of sp³-hybridized carbons (Fsp3) is 0.389. The Morgan fingerprint density at radius 1 is 1.30 bits per heavy atom. The summed E-state index contributed by atoms with van der Waals surface area (Å²) in [5.74, 6) is 0.745. The average Bonchev–Trinajstić information content (AvgIpc) is 2.96. The summed E-state index contributed by atoms with van der Waals surface area (Å²) >= 11 is 1.70. The summed E-state index contributed by atoms with van der Waals surface area (Å²) in [4.78, 5) is 16.1. The highest BCUT2D eigenvalue weighted by molar-refractivity contribution is 7.09. The van der Waals surface area contributed by atoms with Crippen molar-refractivity contribution in [1.29, 1.82) is 0 Å². The number of rotatable bonds is 5. The molecule has 1 aromatic heterocycles. The lowest BCUT2D eigenvalue weighted by molar-refractivity contribution is -0.124. The molecule has 124 valence electrons. The highest BCUT2D eigenvalue weighted by atomic mass is 35.5. The lowest BCUT2D eigenvalue weighted by atomic mass is 9.87. The van der Waals surface area contributed by atoms with Crippen molar-refractivity contribution in [2.24, 2.45) is 11.8 Å². The van der Waals surface area contributed by atoms with Crippen molar-refractivity contribution < 1.29 is 4.79 Å². The zero-order valence-electron chi connectivity index (χ0n) is 13.5. The van der Waals surface area contributed by atoms with Crippen LogP contribution in [0.4, 0.5) is 5.69 Å². The topological polar surface area (TPSA) is 32.3 Å². The van der Waals surface area contributed by atoms with E-state index >= 15 is 0 Å². The van der Waals surface area contributed by atoms with Crippen molar-refractivity contribution in [1.82, 2.24) is 5.32 Å². The van der Waals surface area contributed by atoms with Crippen molar-refractivity contribution >= 4 is 35.3 Å². The first-order chi connectivity index (χ1) is 10.6. The molecule has 0 saturated carbocycles. The second-order valence-corrected chi connectivity index (χ2v) is 7.08. The van der Waals surface area contributed by atoms with E-state index in [4.69, 9.17) is 0 Å². The summed E-state index contributed by atoms with van der Waals surface area (Å²) in [6.07, 6.45) is 0. The summed E-state index contributed by atoms with van der Waals surface area (Å²) in [6, 6.07) is 12.4. The SMILES string of the molecule is Cc1ccc(N(Cc2cccs2)C(=O)C(C)C2CNC2)cc1.Cl. The number of anilines is 1. The van der Waals surface area contributed by atoms with Gasteiger partial charge in [0, 0.05) is 16.5 Å². The van der Waals surface area contributed by atoms with Gasteiger partial charge < -0.3 is 10.2 Å². The molecule has 1 fully saturated rings. The molecule has 1 unspecified atom stereocenters. The lowest BCUT2D eigenvalue weighted by Crippen LogP contribution is -2.50. The van der Waals surface area contributed by atoms with Gasteiger partial charge >= 0.3 is 0 Å². The number of hydrogen-bond acceptors (Lipinski definition) is 3. The Bertz CT molecular complexity index is 623. The van der Waals surface area contributed by atoms with Crippen LogP contribution in [0.2, 0.25) is 0 Å². The maximum Gasteiger partial charge on any atom is 0.230 e. The molecule has 3 rings (SSSR count). The van der Waals surface area contributed by atoms with Crippen LogP contribution in [-0.2, 0) is 11.3 Å². The van der Waals surface area contributed by atoms with Crippen molar-refractivity contribution in [2.75, 3.05) is 18.0 Å². The molecule has 3 nitrogen and oxygen atoms in total. The van der Waals surface area contributed by atoms with E-state index in [-0.39, 0.29) is 24.2 Å². The van der Waals surface area contributed by atoms with Crippen LogP contribution in [0.3, 0.4) is 0 Å². The minimum Gasteiger partial charge on any atom is -0.316 e. The molecule has 1 saturated heterocycles. The number of hydrogen-bond donors (Lipinski definition) is 1. The Morgan fingerprint density at radius 3 is 2.52 bits per heavy atom. The fourth-order valence-electron chi connectivity index (χ4n) is 2.69. The molecule has 0 spiro atoms. The molecular weight excluding hydrogens is 328 g/mol. The summed E-state index contributed by atoms with van der Waals surface area (Å²) in [6.45, 7) is 6.69. The third-order valence-corrected chi connectivity index (χ3v) is 5.28. The maximum absolute atomic E-state index is 13.0. The monoisotopic (exact) mass is 350 g/mol. The zero-order chi connectivity index (χ0) is 15.5. The summed E-state index contributed by atoms with van der Waals surface area (Å²) < 4.78 is 0. The predicted octanol–water partition coefficient (Wildman–Crippen LogP) is 3.87. The first kappa shape index (κ1) is 18.0. The summed E-state index contributed by atoms with van der Waals surface area (Å²) in [7, 11) is 0. The van der Waals surface area contributed by atoms with Gasteiger partial charge in [-0.25, -0.2) is 0 Å². The summed E-state index contributed by atoms with van der Waals surface area (Å²) in [5.41, 5.74) is 2.20. The molecule has 2 aromatic rings. The third kappa shape index (κ3) is 4.14. The van der Waals surface area contributed by atoms with E-state index in [0.29, 0.717) is 12.5 Å². The number of halogens is 1. The lowest BCUT2D eigenvalue weighted by Gasteiger charge is -2.35. The molecule has 1 atom stereocenters. The van der Waals surface area contributed by atoms with Gasteiger partial charge in [-0.05, 0) is 49.5 Å². The Hall–Kier alpha value is -1.36. The number of nitrogens with zero attached hydrogens (tertiary/aromatic N) is 1. The number of thiophene rings is 1. The van der Waals surface area contributed by atoms with Crippen LogP contribution in [0.25, 0.3) is 0 Å². The number of aryl methyl sites for hydroxylation is 1. The van der Waals surface area contributed by atoms with Crippen molar-refractivity contribution in [3.63, 3.8) is 0 Å². The van der Waals surface area contributed by atoms with Crippen LogP contribution >= 0.6 is 23.7 Å². The van der Waals surface area contributed by atoms with E-state index < -0.39 is 0 Å². The molecule has 1 aliphatic rings. The van der Waals surface area contributed by atoms with Gasteiger partial charge in [-0.15, -0.1) is 23.7 Å². The number of carbonyl (C=O) groups is 1. The number of carbonyl (C=O) groups excluding carboxylic acids is 1. The molecule has 2 heterocycles. The number of benzene rings is 1. The van der Waals surface area contributed by atoms with Crippen LogP contribution in [0.15, 0.2) is 41.8 Å². The third-order valence-electron chi connectivity index (χ3n) is 4.42. The van der Waals surface area contributed by atoms with E-state index in [1.165, 1.54) is 10.4 Å². The van der Waals surface area contributed by atoms with Crippen molar-refractivity contribution in [2.45, 2.75) is 20.4 Å². The van der Waals surface area contributed by atoms with E-state index in [1.807, 2.05) is 23.1 Å². The van der Waals surface area contributed by atoms with E-state index in [0.717, 1.165) is 18.8 Å². The molecule has 5 heteroatoms. The first-order valence-electron chi connectivity index (χ1n) is 7.76. The Morgan fingerprint density at radius 2 is 2.00 bits per heavy atom. The van der Waals surface area contributed by atoms with Gasteiger partial charge in [0.25, 0.3) is 0 Å². The molecular formula is C18H23ClN2OS. The second-order valence-electron chi connectivity index (χ2n) is 6.05. The van der Waals surface area contributed by atoms with Gasteiger partial charge in [0.05, 0.1) is 6.54 Å². The van der Waals surface area contributed by atoms with Crippen LogP contribution < -0.4 is 10.2 Å². The van der Waals surface area contributed by atoms with Crippen molar-refractivity contribution in [3.8, 4) is 0 Å². The van der Waals surface area contributed by atoms with Crippen LogP contribution in [0.1, 0.15) is 17.4 Å². The highest BCUT2D eigenvalue weighted by Gasteiger charge is 2.32. The Labute approximate surface area is 148 Å². The molecule has 0 bridgehead atoms. The molecule has 1 N–H and O–H groups in total. The van der Waals surface area contributed by atoms with Gasteiger partial charge in [0.1, 0.15) is 0 Å². The van der Waals surface area contributed by atoms with Gasteiger partial charge in [0.2, 0.25) is 5.91 Å². The average molecular weight is 351 g/mol. The fourth-order valence-corrected chi connectivity index (χ4v) is 3.38. The van der Waals surface area contributed by atoms with E-state index in [1.54, 1.807) is 11.3 Å². The van der Waals surface area contributed by atoms with Crippen LogP contribution in [-0.4, -0.2) is 19.0 Å². The van der Waals surface area contributed by atoms with Gasteiger partial charge in [-0.1, -0.05) is 30.7 Å². The molecule has 1 aliphatic heterocycles. The number of amides is 1. The second kappa shape index (κ2) is 7.95. The smallest absolute Gasteiger partial charge is 0.230 e. The molecule has 23 heavy (non-hydrogen) atoms. The molecule has 0 aliphatic carbocycles. The van der Waals surface area contributed by atoms with Gasteiger partial charge in [-0.3, -0.25) is 4.79 Å². The predicted molar refractivity (Wildman–Crippen MR) is 99.5 cm³/mol. The number of nitrogens with one attached hydrogen (secondary N) is 1. The molecule has 0 radical (unpaired) electrons. The minimum absolute atomic E-state index is 0. The Balaban J connectivity index is 0.00000192. The normalized spacial score (nSPS) is 15.4. The van der Waals surface area contributed by atoms with E-state index in [9.17, 15) is 4.79 Å². The summed E-state index contributed by atoms with van der Waals surface area (Å²) in [5, 5.41) is 5.32.